The molecule has 1 aliphatic rings. The smallest absolute Gasteiger partial charge is 0.332 e. The molecule has 36 heavy (non-hydrogen) atoms. The molecule has 0 spiro atoms. The molecule has 1 aliphatic heterocycles. The number of hydrogen-bond donors (Lipinski definition) is 1. The van der Waals surface area contributed by atoms with E-state index in [-0.39, 0.29) is 17.2 Å². The Labute approximate surface area is 210 Å². The number of nitrogens with one attached hydrogen (secondary N) is 1. The van der Waals surface area contributed by atoms with Crippen LogP contribution in [0.3, 0.4) is 0 Å². The van der Waals surface area contributed by atoms with Crippen molar-refractivity contribution in [3.8, 4) is 0 Å². The van der Waals surface area contributed by atoms with Crippen LogP contribution in [-0.2, 0) is 20.1 Å². The fraction of sp³-hybridized carbons (Fsp3) is 0.393. The molecule has 0 bridgehead atoms. The third-order valence-electron chi connectivity index (χ3n) is 7.03. The summed E-state index contributed by atoms with van der Waals surface area (Å²) in [7, 11) is 3.71. The minimum Gasteiger partial charge on any atom is -0.340 e. The third-order valence-corrected chi connectivity index (χ3v) is 7.03. The summed E-state index contributed by atoms with van der Waals surface area (Å²) in [6.45, 7) is 6.19. The van der Waals surface area contributed by atoms with Gasteiger partial charge in [-0.2, -0.15) is 5.10 Å². The van der Waals surface area contributed by atoms with E-state index in [9.17, 15) is 9.59 Å². The highest BCUT2D eigenvalue weighted by atomic mass is 16.2. The molecule has 4 aromatic rings. The summed E-state index contributed by atoms with van der Waals surface area (Å²) in [6, 6.07) is 18.9. The number of benzene rings is 2. The van der Waals surface area contributed by atoms with Crippen LogP contribution in [-0.4, -0.2) is 37.4 Å². The maximum Gasteiger partial charge on any atom is 0.332 e. The molecule has 0 saturated carbocycles. The van der Waals surface area contributed by atoms with Crippen LogP contribution < -0.4 is 16.6 Å². The molecule has 8 heteroatoms. The van der Waals surface area contributed by atoms with Gasteiger partial charge in [0.25, 0.3) is 5.56 Å². The molecule has 8 nitrogen and oxygen atoms in total. The van der Waals surface area contributed by atoms with E-state index in [1.54, 1.807) is 4.57 Å². The molecule has 1 fully saturated rings. The lowest BCUT2D eigenvalue weighted by Gasteiger charge is -2.20. The molecule has 2 aromatic carbocycles. The van der Waals surface area contributed by atoms with Gasteiger partial charge < -0.3 is 5.32 Å². The summed E-state index contributed by atoms with van der Waals surface area (Å²) in [5, 5.41) is 8.66. The Kier molecular flexibility index (Phi) is 6.53. The van der Waals surface area contributed by atoms with Crippen molar-refractivity contribution in [2.75, 3.05) is 18.9 Å². The number of likely N-dealkylation sites (tertiary alicyclic amines) is 1. The Balaban J connectivity index is 1.61. The van der Waals surface area contributed by atoms with Gasteiger partial charge >= 0.3 is 5.69 Å². The molecule has 1 unspecified atom stereocenters. The zero-order chi connectivity index (χ0) is 25.4. The fourth-order valence-electron chi connectivity index (χ4n) is 5.14. The molecule has 5 rings (SSSR count). The topological polar surface area (TPSA) is 77.1 Å². The van der Waals surface area contributed by atoms with Gasteiger partial charge in [-0.25, -0.2) is 9.48 Å². The van der Waals surface area contributed by atoms with Gasteiger partial charge in [0.1, 0.15) is 11.2 Å². The van der Waals surface area contributed by atoms with Crippen molar-refractivity contribution in [1.82, 2.24) is 23.8 Å². The van der Waals surface area contributed by atoms with Gasteiger partial charge in [-0.05, 0) is 55.6 Å². The Morgan fingerprint density at radius 1 is 1.03 bits per heavy atom. The minimum absolute atomic E-state index is 0.223. The van der Waals surface area contributed by atoms with Crippen molar-refractivity contribution >= 4 is 22.5 Å². The maximum absolute atomic E-state index is 13.3. The first-order valence-corrected chi connectivity index (χ1v) is 12.6. The van der Waals surface area contributed by atoms with Crippen LogP contribution in [0.2, 0.25) is 0 Å². The maximum atomic E-state index is 13.3. The second kappa shape index (κ2) is 9.78. The number of para-hydroxylation sites is 1. The summed E-state index contributed by atoms with van der Waals surface area (Å²) >= 11 is 0. The summed E-state index contributed by atoms with van der Waals surface area (Å²) in [5.41, 5.74) is 2.98. The second-order valence-corrected chi connectivity index (χ2v) is 10.2. The van der Waals surface area contributed by atoms with E-state index >= 15 is 0 Å². The molecule has 0 radical (unpaired) electrons. The zero-order valence-corrected chi connectivity index (χ0v) is 21.4. The standard InChI is InChI=1S/C28H34N6O2/c1-19(2)17-33-26-24(27(35)32(4)28(33)36)25(29-22-9-6-5-7-10-22)34(30-26)18-20-12-14-21(15-13-20)23-11-8-16-31(23)3/h5-7,9-10,12-15,19,23,29H,8,11,16-18H2,1-4H3. The lowest BCUT2D eigenvalue weighted by Crippen LogP contribution is -2.38. The van der Waals surface area contributed by atoms with Crippen LogP contribution >= 0.6 is 0 Å². The summed E-state index contributed by atoms with van der Waals surface area (Å²) in [6.07, 6.45) is 2.41. The quantitative estimate of drug-likeness (QED) is 0.425. The van der Waals surface area contributed by atoms with Gasteiger partial charge in [0.15, 0.2) is 5.65 Å². The molecule has 1 atom stereocenters. The number of anilines is 2. The molecule has 0 amide bonds. The number of nitrogens with zero attached hydrogens (tertiary/aromatic N) is 5. The highest BCUT2D eigenvalue weighted by Gasteiger charge is 2.24. The lowest BCUT2D eigenvalue weighted by molar-refractivity contribution is 0.317. The van der Waals surface area contributed by atoms with E-state index in [0.29, 0.717) is 36.0 Å². The Hall–Kier alpha value is -3.65. The van der Waals surface area contributed by atoms with Crippen LogP contribution in [0.5, 0.6) is 0 Å². The highest BCUT2D eigenvalue weighted by Crippen LogP contribution is 2.31. The summed E-state index contributed by atoms with van der Waals surface area (Å²) in [5.74, 6) is 0.814. The van der Waals surface area contributed by atoms with Crippen molar-refractivity contribution in [2.45, 2.75) is 45.8 Å². The van der Waals surface area contributed by atoms with E-state index in [0.717, 1.165) is 17.8 Å². The van der Waals surface area contributed by atoms with Crippen molar-refractivity contribution < 1.29 is 0 Å². The highest BCUT2D eigenvalue weighted by molar-refractivity contribution is 5.89. The average molecular weight is 487 g/mol. The van der Waals surface area contributed by atoms with Gasteiger partial charge in [0.2, 0.25) is 0 Å². The van der Waals surface area contributed by atoms with Crippen molar-refractivity contribution in [1.29, 1.82) is 0 Å². The number of fused-ring (bicyclic) bond motifs is 1. The van der Waals surface area contributed by atoms with Crippen molar-refractivity contribution in [3.05, 3.63) is 86.6 Å². The number of rotatable bonds is 7. The van der Waals surface area contributed by atoms with Crippen LogP contribution in [0.15, 0.2) is 64.2 Å². The van der Waals surface area contributed by atoms with E-state index in [2.05, 4.69) is 41.5 Å². The third kappa shape index (κ3) is 4.48. The molecular formula is C28H34N6O2. The van der Waals surface area contributed by atoms with Crippen molar-refractivity contribution in [3.63, 3.8) is 0 Å². The largest absolute Gasteiger partial charge is 0.340 e. The van der Waals surface area contributed by atoms with Crippen molar-refractivity contribution in [2.24, 2.45) is 13.0 Å². The first-order valence-electron chi connectivity index (χ1n) is 12.6. The Morgan fingerprint density at radius 2 is 1.75 bits per heavy atom. The van der Waals surface area contributed by atoms with Crippen LogP contribution in [0, 0.1) is 5.92 Å². The monoisotopic (exact) mass is 486 g/mol. The van der Waals surface area contributed by atoms with E-state index in [1.807, 2.05) is 48.9 Å². The first-order chi connectivity index (χ1) is 17.3. The van der Waals surface area contributed by atoms with Gasteiger partial charge in [-0.1, -0.05) is 56.3 Å². The molecule has 188 valence electrons. The zero-order valence-electron chi connectivity index (χ0n) is 21.4. The predicted molar refractivity (Wildman–Crippen MR) is 144 cm³/mol. The average Bonchev–Trinajstić information content (AvgIpc) is 3.45. The van der Waals surface area contributed by atoms with E-state index in [4.69, 9.17) is 5.10 Å². The number of aromatic nitrogens is 4. The molecule has 0 aliphatic carbocycles. The van der Waals surface area contributed by atoms with Gasteiger partial charge in [0.05, 0.1) is 6.54 Å². The minimum atomic E-state index is -0.348. The SMILES string of the molecule is CC(C)Cn1c(=O)n(C)c(=O)c2c(Nc3ccccc3)n(Cc3ccc(C4CCCN4C)cc3)nc21. The molecule has 2 aromatic heterocycles. The van der Waals surface area contributed by atoms with E-state index in [1.165, 1.54) is 30.0 Å². The van der Waals surface area contributed by atoms with Crippen LogP contribution in [0.25, 0.3) is 11.0 Å². The number of hydrogen-bond acceptors (Lipinski definition) is 5. The van der Waals surface area contributed by atoms with Gasteiger partial charge in [0, 0.05) is 25.3 Å². The van der Waals surface area contributed by atoms with Gasteiger partial charge in [-0.15, -0.1) is 0 Å². The normalized spacial score (nSPS) is 16.3. The van der Waals surface area contributed by atoms with Crippen LogP contribution in [0.1, 0.15) is 43.9 Å². The predicted octanol–water partition coefficient (Wildman–Crippen LogP) is 4.11. The molecule has 3 heterocycles. The molecule has 1 N–H and O–H groups in total. The van der Waals surface area contributed by atoms with Gasteiger partial charge in [-0.3, -0.25) is 18.8 Å². The lowest BCUT2D eigenvalue weighted by atomic mass is 10.0. The first kappa shape index (κ1) is 24.1. The summed E-state index contributed by atoms with van der Waals surface area (Å²) < 4.78 is 4.61. The second-order valence-electron chi connectivity index (χ2n) is 10.2. The fourth-order valence-corrected chi connectivity index (χ4v) is 5.14. The van der Waals surface area contributed by atoms with E-state index < -0.39 is 0 Å². The Morgan fingerprint density at radius 3 is 2.39 bits per heavy atom. The molecular weight excluding hydrogens is 452 g/mol. The summed E-state index contributed by atoms with van der Waals surface area (Å²) in [4.78, 5) is 28.8. The molecule has 1 saturated heterocycles. The Bertz CT molecular complexity index is 1480. The van der Waals surface area contributed by atoms with Crippen LogP contribution in [0.4, 0.5) is 11.5 Å².